The van der Waals surface area contributed by atoms with Gasteiger partial charge in [0.1, 0.15) is 5.75 Å². The molecule has 1 rings (SSSR count). The molecule has 102 valence electrons. The van der Waals surface area contributed by atoms with Crippen LogP contribution in [0.2, 0.25) is 0 Å². The van der Waals surface area contributed by atoms with E-state index in [1.165, 1.54) is 16.7 Å². The number of benzene rings is 1. The Hall–Kier alpha value is -0.550. The Kier molecular flexibility index (Phi) is 4.49. The van der Waals surface area contributed by atoms with E-state index in [1.807, 2.05) is 0 Å². The van der Waals surface area contributed by atoms with Crippen LogP contribution in [0, 0.1) is 6.92 Å². The van der Waals surface area contributed by atoms with E-state index >= 15 is 0 Å². The SMILES string of the molecule is CPOc1c(C)cc(C(C)(C)C)cc1C(C)(C)C. The Bertz CT molecular complexity index is 422. The summed E-state index contributed by atoms with van der Waals surface area (Å²) in [5.74, 6) is 1.08. The second kappa shape index (κ2) is 5.21. The molecule has 0 fully saturated rings. The molecule has 0 saturated heterocycles. The van der Waals surface area contributed by atoms with Crippen molar-refractivity contribution in [1.82, 2.24) is 0 Å². The number of rotatable bonds is 2. The molecule has 1 atom stereocenters. The first kappa shape index (κ1) is 15.5. The topological polar surface area (TPSA) is 9.23 Å². The van der Waals surface area contributed by atoms with Crippen molar-refractivity contribution in [3.05, 3.63) is 28.8 Å². The van der Waals surface area contributed by atoms with Crippen molar-refractivity contribution in [2.75, 3.05) is 6.66 Å². The highest BCUT2D eigenvalue weighted by Crippen LogP contribution is 2.39. The van der Waals surface area contributed by atoms with Crippen LogP contribution in [0.15, 0.2) is 12.1 Å². The molecule has 1 aromatic rings. The maximum absolute atomic E-state index is 5.89. The minimum absolute atomic E-state index is 0.112. The fraction of sp³-hybridized carbons (Fsp3) is 0.625. The van der Waals surface area contributed by atoms with E-state index in [1.54, 1.807) is 0 Å². The molecule has 0 aliphatic carbocycles. The predicted molar refractivity (Wildman–Crippen MR) is 83.4 cm³/mol. The zero-order valence-corrected chi connectivity index (χ0v) is 14.1. The van der Waals surface area contributed by atoms with Gasteiger partial charge in [0.2, 0.25) is 0 Å². The summed E-state index contributed by atoms with van der Waals surface area (Å²) < 4.78 is 5.89. The van der Waals surface area contributed by atoms with Crippen LogP contribution in [-0.2, 0) is 10.8 Å². The second-order valence-electron chi connectivity index (χ2n) is 6.98. The summed E-state index contributed by atoms with van der Waals surface area (Å²) >= 11 is 0. The lowest BCUT2D eigenvalue weighted by atomic mass is 9.79. The molecular formula is C16H27OP. The molecule has 0 N–H and O–H groups in total. The first-order chi connectivity index (χ1) is 8.07. The molecule has 18 heavy (non-hydrogen) atoms. The van der Waals surface area contributed by atoms with Crippen LogP contribution in [0.25, 0.3) is 0 Å². The van der Waals surface area contributed by atoms with Crippen molar-refractivity contribution in [3.8, 4) is 5.75 Å². The molecule has 0 radical (unpaired) electrons. The van der Waals surface area contributed by atoms with E-state index in [4.69, 9.17) is 4.52 Å². The van der Waals surface area contributed by atoms with Crippen molar-refractivity contribution in [2.45, 2.75) is 59.3 Å². The third-order valence-corrected chi connectivity index (χ3v) is 3.56. The minimum atomic E-state index is 0.112. The van der Waals surface area contributed by atoms with E-state index in [0.717, 1.165) is 5.75 Å². The summed E-state index contributed by atoms with van der Waals surface area (Å²) in [4.78, 5) is 0. The summed E-state index contributed by atoms with van der Waals surface area (Å²) in [5, 5.41) is 0. The van der Waals surface area contributed by atoms with Crippen LogP contribution < -0.4 is 4.52 Å². The van der Waals surface area contributed by atoms with E-state index in [-0.39, 0.29) is 10.8 Å². The molecule has 1 nitrogen and oxygen atoms in total. The van der Waals surface area contributed by atoms with Crippen molar-refractivity contribution < 1.29 is 4.52 Å². The predicted octanol–water partition coefficient (Wildman–Crippen LogP) is 5.19. The minimum Gasteiger partial charge on any atom is -0.477 e. The van der Waals surface area contributed by atoms with E-state index < -0.39 is 0 Å². The van der Waals surface area contributed by atoms with Crippen molar-refractivity contribution in [1.29, 1.82) is 0 Å². The lowest BCUT2D eigenvalue weighted by Crippen LogP contribution is -2.17. The van der Waals surface area contributed by atoms with Gasteiger partial charge in [0.05, 0.1) is 8.81 Å². The molecule has 0 aliphatic rings. The van der Waals surface area contributed by atoms with Gasteiger partial charge in [-0.3, -0.25) is 0 Å². The largest absolute Gasteiger partial charge is 0.477 e. The van der Waals surface area contributed by atoms with Crippen molar-refractivity contribution in [2.24, 2.45) is 0 Å². The Balaban J connectivity index is 3.47. The third kappa shape index (κ3) is 3.48. The molecule has 1 unspecified atom stereocenters. The quantitative estimate of drug-likeness (QED) is 0.669. The molecular weight excluding hydrogens is 239 g/mol. The Morgan fingerprint density at radius 2 is 1.50 bits per heavy atom. The van der Waals surface area contributed by atoms with Crippen LogP contribution in [0.3, 0.4) is 0 Å². The fourth-order valence-corrected chi connectivity index (χ4v) is 2.48. The van der Waals surface area contributed by atoms with Crippen molar-refractivity contribution >= 4 is 8.81 Å². The highest BCUT2D eigenvalue weighted by Gasteiger charge is 2.24. The molecule has 0 bridgehead atoms. The number of hydrogen-bond acceptors (Lipinski definition) is 1. The molecule has 0 aromatic heterocycles. The first-order valence-corrected chi connectivity index (χ1v) is 7.97. The van der Waals surface area contributed by atoms with Crippen LogP contribution >= 0.6 is 8.81 Å². The van der Waals surface area contributed by atoms with Gasteiger partial charge in [0.15, 0.2) is 0 Å². The van der Waals surface area contributed by atoms with Gasteiger partial charge in [0.25, 0.3) is 0 Å². The molecule has 2 heteroatoms. The smallest absolute Gasteiger partial charge is 0.129 e. The molecule has 0 heterocycles. The zero-order valence-electron chi connectivity index (χ0n) is 13.1. The normalized spacial score (nSPS) is 13.3. The van der Waals surface area contributed by atoms with Crippen LogP contribution in [0.4, 0.5) is 0 Å². The molecule has 0 amide bonds. The van der Waals surface area contributed by atoms with E-state index in [9.17, 15) is 0 Å². The van der Waals surface area contributed by atoms with Gasteiger partial charge in [-0.2, -0.15) is 0 Å². The lowest BCUT2D eigenvalue weighted by Gasteiger charge is -2.28. The molecule has 0 saturated carbocycles. The standard InChI is InChI=1S/C16H27OP/c1-11-9-12(15(2,3)4)10-13(16(5,6)7)14(11)17-18-8/h9-10,18H,1-8H3. The van der Waals surface area contributed by atoms with Gasteiger partial charge in [0, 0.05) is 5.56 Å². The summed E-state index contributed by atoms with van der Waals surface area (Å²) in [5.41, 5.74) is 4.25. The number of aryl methyl sites for hydroxylation is 1. The fourth-order valence-electron chi connectivity index (χ4n) is 2.00. The molecule has 1 aromatic carbocycles. The van der Waals surface area contributed by atoms with Gasteiger partial charge in [-0.15, -0.1) is 0 Å². The van der Waals surface area contributed by atoms with Gasteiger partial charge in [-0.1, -0.05) is 53.7 Å². The van der Waals surface area contributed by atoms with Crippen LogP contribution in [0.1, 0.15) is 58.2 Å². The lowest BCUT2D eigenvalue weighted by molar-refractivity contribution is 0.530. The van der Waals surface area contributed by atoms with Crippen LogP contribution in [0.5, 0.6) is 5.75 Å². The Morgan fingerprint density at radius 1 is 0.944 bits per heavy atom. The molecule has 0 spiro atoms. The average Bonchev–Trinajstić information content (AvgIpc) is 2.17. The molecule has 0 aliphatic heterocycles. The first-order valence-electron chi connectivity index (χ1n) is 6.56. The zero-order chi connectivity index (χ0) is 14.1. The maximum Gasteiger partial charge on any atom is 0.129 e. The summed E-state index contributed by atoms with van der Waals surface area (Å²) in [6.07, 6.45) is 0. The summed E-state index contributed by atoms with van der Waals surface area (Å²) in [6, 6.07) is 4.59. The van der Waals surface area contributed by atoms with E-state index in [2.05, 4.69) is 67.3 Å². The van der Waals surface area contributed by atoms with Gasteiger partial charge in [-0.05, 0) is 35.5 Å². The highest BCUT2D eigenvalue weighted by atomic mass is 31.1. The van der Waals surface area contributed by atoms with E-state index in [0.29, 0.717) is 8.81 Å². The highest BCUT2D eigenvalue weighted by molar-refractivity contribution is 7.31. The monoisotopic (exact) mass is 266 g/mol. The Labute approximate surface area is 114 Å². The second-order valence-corrected chi connectivity index (χ2v) is 7.59. The van der Waals surface area contributed by atoms with Crippen LogP contribution in [-0.4, -0.2) is 6.66 Å². The van der Waals surface area contributed by atoms with Gasteiger partial charge >= 0.3 is 0 Å². The van der Waals surface area contributed by atoms with Crippen molar-refractivity contribution in [3.63, 3.8) is 0 Å². The summed E-state index contributed by atoms with van der Waals surface area (Å²) in [6.45, 7) is 17.8. The summed E-state index contributed by atoms with van der Waals surface area (Å²) in [7, 11) is 0.491. The Morgan fingerprint density at radius 3 is 1.89 bits per heavy atom. The maximum atomic E-state index is 5.89. The van der Waals surface area contributed by atoms with Gasteiger partial charge < -0.3 is 4.52 Å². The average molecular weight is 266 g/mol. The third-order valence-electron chi connectivity index (χ3n) is 3.15. The number of hydrogen-bond donors (Lipinski definition) is 0. The van der Waals surface area contributed by atoms with Gasteiger partial charge in [-0.25, -0.2) is 0 Å².